The number of pyridine rings is 1. The van der Waals surface area contributed by atoms with Crippen LogP contribution in [-0.2, 0) is 20.2 Å². The molecule has 4 aromatic rings. The first-order valence-electron chi connectivity index (χ1n) is 17.5. The Morgan fingerprint density at radius 2 is 1.81 bits per heavy atom. The van der Waals surface area contributed by atoms with E-state index in [0.717, 1.165) is 58.1 Å². The molecule has 3 heterocycles. The molecule has 53 heavy (non-hydrogen) atoms. The molecule has 2 aromatic carbocycles. The summed E-state index contributed by atoms with van der Waals surface area (Å²) in [7, 11) is -0.239. The lowest BCUT2D eigenvalue weighted by molar-refractivity contribution is -0.122. The van der Waals surface area contributed by atoms with Crippen molar-refractivity contribution in [2.45, 2.75) is 70.1 Å². The SMILES string of the molecule is COc1c(NC(=O)N[C@H]2CC[C@@H](Oc3ccc4nnc([C@@H]5CCCN5C)n4c3)c3ccccc32)cc(C(C)(C)C)cc1N(CCO)S(C)(=O)=O.O=CO. The second kappa shape index (κ2) is 16.4. The lowest BCUT2D eigenvalue weighted by Crippen LogP contribution is -2.36. The van der Waals surface area contributed by atoms with E-state index in [9.17, 15) is 18.3 Å². The summed E-state index contributed by atoms with van der Waals surface area (Å²) in [6.45, 7) is 6.21. The summed E-state index contributed by atoms with van der Waals surface area (Å²) in [5, 5.41) is 31.5. The molecule has 2 amide bonds. The minimum Gasteiger partial charge on any atom is -0.492 e. The van der Waals surface area contributed by atoms with Gasteiger partial charge in [-0.3, -0.25) is 18.4 Å². The average molecular weight is 752 g/mol. The summed E-state index contributed by atoms with van der Waals surface area (Å²) in [5.41, 5.74) is 3.68. The molecule has 2 aromatic heterocycles. The summed E-state index contributed by atoms with van der Waals surface area (Å²) in [6.07, 6.45) is 6.28. The zero-order chi connectivity index (χ0) is 38.5. The van der Waals surface area contributed by atoms with Gasteiger partial charge in [-0.1, -0.05) is 45.0 Å². The van der Waals surface area contributed by atoms with Crippen molar-refractivity contribution < 1.29 is 37.7 Å². The number of aliphatic hydroxyl groups is 1. The number of rotatable bonds is 10. The van der Waals surface area contributed by atoms with Crippen molar-refractivity contribution in [2.24, 2.45) is 0 Å². The number of carboxylic acid groups (broad SMARTS) is 1. The van der Waals surface area contributed by atoms with Gasteiger partial charge in [0.2, 0.25) is 10.0 Å². The van der Waals surface area contributed by atoms with Crippen LogP contribution in [0.3, 0.4) is 0 Å². The molecule has 0 unspecified atom stereocenters. The van der Waals surface area contributed by atoms with E-state index in [2.05, 4.69) is 32.8 Å². The zero-order valence-electron chi connectivity index (χ0n) is 30.9. The molecule has 15 nitrogen and oxygen atoms in total. The summed E-state index contributed by atoms with van der Waals surface area (Å²) in [5.74, 6) is 1.81. The van der Waals surface area contributed by atoms with Crippen molar-refractivity contribution in [2.75, 3.05) is 49.7 Å². The van der Waals surface area contributed by atoms with Gasteiger partial charge in [-0.2, -0.15) is 0 Å². The molecular formula is C37H49N7O8S. The fourth-order valence-electron chi connectivity index (χ4n) is 7.02. The monoisotopic (exact) mass is 751 g/mol. The number of carbonyl (C=O) groups is 2. The second-order valence-corrected chi connectivity index (χ2v) is 16.2. The van der Waals surface area contributed by atoms with Gasteiger partial charge < -0.3 is 30.3 Å². The molecule has 3 atom stereocenters. The van der Waals surface area contributed by atoms with Crippen molar-refractivity contribution in [3.05, 3.63) is 77.2 Å². The van der Waals surface area contributed by atoms with Crippen LogP contribution in [0.2, 0.25) is 0 Å². The third-order valence-corrected chi connectivity index (χ3v) is 10.8. The van der Waals surface area contributed by atoms with Crippen LogP contribution in [0.1, 0.15) is 87.2 Å². The first-order chi connectivity index (χ1) is 25.2. The molecular weight excluding hydrogens is 703 g/mol. The lowest BCUT2D eigenvalue weighted by Gasteiger charge is -2.32. The standard InChI is InChI=1S/C36H47N7O6S.CH2O2/c1-36(2,3)23-20-28(33(48-5)30(21-23)43(18-19-44)50(6,46)47)38-35(45)37-27-14-15-31(26-11-8-7-10-25(26)27)49-24-13-16-32-39-40-34(42(32)22-24)29-12-9-17-41(29)4;2-1-3/h7-8,10-11,13,16,20-22,27,29,31,44H,9,12,14-15,17-19H2,1-6H3,(H2,37,38,45);1H,(H,2,3)/t27-,29-,31+;/m0./s1. The second-order valence-electron chi connectivity index (χ2n) is 14.2. The Labute approximate surface area is 310 Å². The average Bonchev–Trinajstić information content (AvgIpc) is 3.72. The summed E-state index contributed by atoms with van der Waals surface area (Å²) in [4.78, 5) is 24.3. The maximum atomic E-state index is 13.7. The number of carbonyl (C=O) groups excluding carboxylic acids is 1. The number of benzene rings is 2. The maximum Gasteiger partial charge on any atom is 0.319 e. The van der Waals surface area contributed by atoms with Gasteiger partial charge in [0.25, 0.3) is 6.47 Å². The molecule has 0 bridgehead atoms. The summed E-state index contributed by atoms with van der Waals surface area (Å²) < 4.78 is 41.0. The van der Waals surface area contributed by atoms with Crippen molar-refractivity contribution in [1.82, 2.24) is 24.8 Å². The van der Waals surface area contributed by atoms with E-state index in [0.29, 0.717) is 24.3 Å². The smallest absolute Gasteiger partial charge is 0.319 e. The number of anilines is 2. The molecule has 0 radical (unpaired) electrons. The molecule has 1 saturated heterocycles. The van der Waals surface area contributed by atoms with E-state index in [1.54, 1.807) is 12.1 Å². The largest absolute Gasteiger partial charge is 0.492 e. The number of urea groups is 1. The molecule has 4 N–H and O–H groups in total. The number of hydrogen-bond acceptors (Lipinski definition) is 10. The minimum absolute atomic E-state index is 0.164. The van der Waals surface area contributed by atoms with Gasteiger partial charge in [-0.05, 0) is 85.6 Å². The Morgan fingerprint density at radius 1 is 1.09 bits per heavy atom. The molecule has 2 aliphatic rings. The molecule has 16 heteroatoms. The Kier molecular flexibility index (Phi) is 12.1. The van der Waals surface area contributed by atoms with Crippen molar-refractivity contribution >= 4 is 39.5 Å². The van der Waals surface area contributed by atoms with E-state index in [1.165, 1.54) is 7.11 Å². The van der Waals surface area contributed by atoms with E-state index in [-0.39, 0.29) is 54.7 Å². The number of fused-ring (bicyclic) bond motifs is 2. The highest BCUT2D eigenvalue weighted by atomic mass is 32.2. The van der Waals surface area contributed by atoms with Gasteiger partial charge >= 0.3 is 6.03 Å². The molecule has 286 valence electrons. The number of ether oxygens (including phenoxy) is 2. The Balaban J connectivity index is 0.00000175. The van der Waals surface area contributed by atoms with Crippen LogP contribution in [-0.4, -0.2) is 90.7 Å². The minimum atomic E-state index is -3.78. The highest BCUT2D eigenvalue weighted by Crippen LogP contribution is 2.42. The number of aromatic nitrogens is 3. The van der Waals surface area contributed by atoms with Crippen LogP contribution in [0.15, 0.2) is 54.7 Å². The van der Waals surface area contributed by atoms with E-state index in [4.69, 9.17) is 19.4 Å². The Morgan fingerprint density at radius 3 is 2.43 bits per heavy atom. The predicted molar refractivity (Wildman–Crippen MR) is 201 cm³/mol. The van der Waals surface area contributed by atoms with Gasteiger partial charge in [-0.25, -0.2) is 13.2 Å². The Bertz CT molecular complexity index is 2030. The third kappa shape index (κ3) is 8.83. The van der Waals surface area contributed by atoms with Crippen molar-refractivity contribution in [3.8, 4) is 11.5 Å². The summed E-state index contributed by atoms with van der Waals surface area (Å²) in [6, 6.07) is 14.8. The van der Waals surface area contributed by atoms with Crippen LogP contribution in [0.4, 0.5) is 16.2 Å². The number of aliphatic hydroxyl groups excluding tert-OH is 1. The van der Waals surface area contributed by atoms with Crippen molar-refractivity contribution in [1.29, 1.82) is 0 Å². The molecule has 1 aliphatic carbocycles. The third-order valence-electron chi connectivity index (χ3n) is 9.60. The molecule has 1 fully saturated rings. The van der Waals surface area contributed by atoms with Crippen LogP contribution in [0, 0.1) is 0 Å². The zero-order valence-corrected chi connectivity index (χ0v) is 31.8. The molecule has 0 saturated carbocycles. The number of methoxy groups -OCH3 is 1. The maximum absolute atomic E-state index is 13.7. The van der Waals surface area contributed by atoms with Crippen molar-refractivity contribution in [3.63, 3.8) is 0 Å². The number of hydrogen-bond donors (Lipinski definition) is 4. The van der Waals surface area contributed by atoms with E-state index in [1.807, 2.05) is 67.8 Å². The van der Waals surface area contributed by atoms with Gasteiger partial charge in [-0.15, -0.1) is 10.2 Å². The number of amides is 2. The number of nitrogens with zero attached hydrogens (tertiary/aromatic N) is 5. The fraction of sp³-hybridized carbons (Fsp3) is 0.459. The number of likely N-dealkylation sites (tertiary alicyclic amines) is 1. The predicted octanol–water partition coefficient (Wildman–Crippen LogP) is 5.04. The van der Waals surface area contributed by atoms with Gasteiger partial charge in [0, 0.05) is 0 Å². The normalized spacial score (nSPS) is 18.7. The quantitative estimate of drug-likeness (QED) is 0.159. The summed E-state index contributed by atoms with van der Waals surface area (Å²) >= 11 is 0. The topological polar surface area (TPSA) is 188 Å². The van der Waals surface area contributed by atoms with Gasteiger partial charge in [0.05, 0.1) is 56.2 Å². The molecule has 6 rings (SSSR count). The Hall–Kier alpha value is -4.93. The van der Waals surface area contributed by atoms with Gasteiger partial charge in [0.15, 0.2) is 17.2 Å². The van der Waals surface area contributed by atoms with E-state index < -0.39 is 16.1 Å². The first kappa shape index (κ1) is 39.3. The molecule has 1 aliphatic heterocycles. The van der Waals surface area contributed by atoms with Gasteiger partial charge in [0.1, 0.15) is 11.9 Å². The van der Waals surface area contributed by atoms with Crippen LogP contribution in [0.25, 0.3) is 5.65 Å². The fourth-order valence-corrected chi connectivity index (χ4v) is 7.93. The number of nitrogens with one attached hydrogen (secondary N) is 2. The van der Waals surface area contributed by atoms with Crippen LogP contribution >= 0.6 is 0 Å². The lowest BCUT2D eigenvalue weighted by atomic mass is 9.85. The van der Waals surface area contributed by atoms with Crippen LogP contribution in [0.5, 0.6) is 11.5 Å². The highest BCUT2D eigenvalue weighted by Gasteiger charge is 2.32. The molecule has 0 spiro atoms. The first-order valence-corrected chi connectivity index (χ1v) is 19.3. The van der Waals surface area contributed by atoms with E-state index >= 15 is 0 Å². The van der Waals surface area contributed by atoms with Crippen LogP contribution < -0.4 is 24.4 Å². The highest BCUT2D eigenvalue weighted by molar-refractivity contribution is 7.92. The number of sulfonamides is 1.